The molecule has 2 N–H and O–H groups in total. The Morgan fingerprint density at radius 1 is 1.73 bits per heavy atom. The van der Waals surface area contributed by atoms with Crippen LogP contribution in [0.15, 0.2) is 6.20 Å². The van der Waals surface area contributed by atoms with Crippen LogP contribution in [0.5, 0.6) is 0 Å². The molecule has 0 amide bonds. The number of esters is 1. The minimum atomic E-state index is -0.604. The minimum Gasteiger partial charge on any atom is -0.465 e. The second-order valence-corrected chi connectivity index (χ2v) is 3.44. The summed E-state index contributed by atoms with van der Waals surface area (Å²) >= 11 is 0. The molecule has 5 heteroatoms. The number of carbonyl (C=O) groups is 1. The molecule has 0 aliphatic rings. The molecule has 0 bridgehead atoms. The predicted octanol–water partition coefficient (Wildman–Crippen LogP) is 0.161. The van der Waals surface area contributed by atoms with E-state index in [9.17, 15) is 4.79 Å². The fraction of sp³-hybridized carbons (Fsp3) is 0.600. The molecule has 0 fully saturated rings. The van der Waals surface area contributed by atoms with Gasteiger partial charge >= 0.3 is 5.97 Å². The van der Waals surface area contributed by atoms with Crippen LogP contribution in [0, 0.1) is 6.92 Å². The van der Waals surface area contributed by atoms with Crippen LogP contribution >= 0.6 is 0 Å². The maximum Gasteiger partial charge on any atom is 0.323 e. The Hall–Kier alpha value is -1.36. The molecule has 1 heterocycles. The molecular formula is C10H17N3O2. The van der Waals surface area contributed by atoms with Crippen molar-refractivity contribution in [2.45, 2.75) is 26.3 Å². The number of hydrogen-bond donors (Lipinski definition) is 1. The number of nitrogens with two attached hydrogens (primary N) is 1. The first-order valence-electron chi connectivity index (χ1n) is 4.96. The average Bonchev–Trinajstić information content (AvgIpc) is 2.50. The van der Waals surface area contributed by atoms with Gasteiger partial charge in [-0.3, -0.25) is 9.48 Å². The third-order valence-electron chi connectivity index (χ3n) is 2.37. The van der Waals surface area contributed by atoms with E-state index in [2.05, 4.69) is 5.10 Å². The van der Waals surface area contributed by atoms with Gasteiger partial charge in [-0.05, 0) is 19.4 Å². The van der Waals surface area contributed by atoms with Crippen LogP contribution in [0.3, 0.4) is 0 Å². The standard InChI is InChI=1S/C10H17N3O2/c1-4-15-10(14)9(11)5-8-6-12-13(3)7(8)2/h6,9H,4-5,11H2,1-3H3. The van der Waals surface area contributed by atoms with Gasteiger partial charge in [0.05, 0.1) is 12.8 Å². The summed E-state index contributed by atoms with van der Waals surface area (Å²) in [5.41, 5.74) is 7.71. The lowest BCUT2D eigenvalue weighted by Gasteiger charge is -2.09. The van der Waals surface area contributed by atoms with Crippen molar-refractivity contribution >= 4 is 5.97 Å². The number of nitrogens with zero attached hydrogens (tertiary/aromatic N) is 2. The number of carbonyl (C=O) groups excluding carboxylic acids is 1. The van der Waals surface area contributed by atoms with Crippen LogP contribution in [0.1, 0.15) is 18.2 Å². The third-order valence-corrected chi connectivity index (χ3v) is 2.37. The van der Waals surface area contributed by atoms with Gasteiger partial charge in [-0.15, -0.1) is 0 Å². The molecule has 84 valence electrons. The van der Waals surface area contributed by atoms with Gasteiger partial charge in [0.25, 0.3) is 0 Å². The zero-order chi connectivity index (χ0) is 11.4. The fourth-order valence-electron chi connectivity index (χ4n) is 1.31. The second kappa shape index (κ2) is 4.93. The summed E-state index contributed by atoms with van der Waals surface area (Å²) in [7, 11) is 1.86. The molecule has 15 heavy (non-hydrogen) atoms. The van der Waals surface area contributed by atoms with E-state index in [1.165, 1.54) is 0 Å². The Morgan fingerprint density at radius 3 is 2.87 bits per heavy atom. The van der Waals surface area contributed by atoms with E-state index in [-0.39, 0.29) is 5.97 Å². The van der Waals surface area contributed by atoms with Crippen molar-refractivity contribution in [3.63, 3.8) is 0 Å². The first-order chi connectivity index (χ1) is 7.06. The van der Waals surface area contributed by atoms with Crippen LogP contribution in [-0.2, 0) is 23.0 Å². The largest absolute Gasteiger partial charge is 0.465 e. The first kappa shape index (κ1) is 11.7. The highest BCUT2D eigenvalue weighted by Crippen LogP contribution is 2.08. The summed E-state index contributed by atoms with van der Waals surface area (Å²) in [4.78, 5) is 11.3. The van der Waals surface area contributed by atoms with E-state index in [0.29, 0.717) is 13.0 Å². The minimum absolute atomic E-state index is 0.360. The Labute approximate surface area is 89.2 Å². The number of aryl methyl sites for hydroxylation is 1. The number of ether oxygens (including phenoxy) is 1. The maximum absolute atomic E-state index is 11.3. The molecular weight excluding hydrogens is 194 g/mol. The molecule has 0 spiro atoms. The summed E-state index contributed by atoms with van der Waals surface area (Å²) in [6, 6.07) is -0.604. The van der Waals surface area contributed by atoms with Gasteiger partial charge < -0.3 is 10.5 Å². The van der Waals surface area contributed by atoms with Crippen LogP contribution in [0.2, 0.25) is 0 Å². The molecule has 1 atom stereocenters. The van der Waals surface area contributed by atoms with Crippen molar-refractivity contribution in [1.82, 2.24) is 9.78 Å². The van der Waals surface area contributed by atoms with Gasteiger partial charge in [-0.1, -0.05) is 0 Å². The monoisotopic (exact) mass is 211 g/mol. The molecule has 0 aliphatic carbocycles. The van der Waals surface area contributed by atoms with Gasteiger partial charge in [0.2, 0.25) is 0 Å². The van der Waals surface area contributed by atoms with Crippen molar-refractivity contribution in [2.24, 2.45) is 12.8 Å². The van der Waals surface area contributed by atoms with E-state index in [0.717, 1.165) is 11.3 Å². The van der Waals surface area contributed by atoms with E-state index >= 15 is 0 Å². The first-order valence-corrected chi connectivity index (χ1v) is 4.96. The molecule has 1 unspecified atom stereocenters. The molecule has 0 saturated heterocycles. The van der Waals surface area contributed by atoms with Gasteiger partial charge in [0.1, 0.15) is 6.04 Å². The Balaban J connectivity index is 2.62. The number of hydrogen-bond acceptors (Lipinski definition) is 4. The molecule has 1 aromatic rings. The highest BCUT2D eigenvalue weighted by Gasteiger charge is 2.17. The highest BCUT2D eigenvalue weighted by molar-refractivity contribution is 5.75. The Bertz CT molecular complexity index is 346. The normalized spacial score (nSPS) is 12.5. The molecule has 1 aromatic heterocycles. The maximum atomic E-state index is 11.3. The van der Waals surface area contributed by atoms with Crippen molar-refractivity contribution in [3.8, 4) is 0 Å². The van der Waals surface area contributed by atoms with Crippen LogP contribution in [0.25, 0.3) is 0 Å². The van der Waals surface area contributed by atoms with Gasteiger partial charge in [0, 0.05) is 19.2 Å². The van der Waals surface area contributed by atoms with Crippen LogP contribution < -0.4 is 5.73 Å². The molecule has 0 aliphatic heterocycles. The molecule has 5 nitrogen and oxygen atoms in total. The lowest BCUT2D eigenvalue weighted by atomic mass is 10.1. The lowest BCUT2D eigenvalue weighted by Crippen LogP contribution is -2.34. The van der Waals surface area contributed by atoms with Crippen molar-refractivity contribution in [1.29, 1.82) is 0 Å². The smallest absolute Gasteiger partial charge is 0.323 e. The predicted molar refractivity (Wildman–Crippen MR) is 56.3 cm³/mol. The quantitative estimate of drug-likeness (QED) is 0.720. The van der Waals surface area contributed by atoms with E-state index in [1.54, 1.807) is 17.8 Å². The summed E-state index contributed by atoms with van der Waals surface area (Å²) in [6.45, 7) is 4.07. The van der Waals surface area contributed by atoms with Crippen molar-refractivity contribution in [2.75, 3.05) is 6.61 Å². The SMILES string of the molecule is CCOC(=O)C(N)Cc1cnn(C)c1C. The van der Waals surface area contributed by atoms with E-state index in [1.807, 2.05) is 14.0 Å². The molecule has 0 aromatic carbocycles. The lowest BCUT2D eigenvalue weighted by molar-refractivity contribution is -0.144. The summed E-state index contributed by atoms with van der Waals surface area (Å²) in [5, 5.41) is 4.08. The van der Waals surface area contributed by atoms with Crippen LogP contribution in [0.4, 0.5) is 0 Å². The third kappa shape index (κ3) is 2.79. The van der Waals surface area contributed by atoms with Crippen molar-refractivity contribution in [3.05, 3.63) is 17.5 Å². The second-order valence-electron chi connectivity index (χ2n) is 3.44. The van der Waals surface area contributed by atoms with Crippen LogP contribution in [-0.4, -0.2) is 28.4 Å². The van der Waals surface area contributed by atoms with Crippen molar-refractivity contribution < 1.29 is 9.53 Å². The molecule has 0 saturated carbocycles. The summed E-state index contributed by atoms with van der Waals surface area (Å²) in [6.07, 6.45) is 2.20. The van der Waals surface area contributed by atoms with Gasteiger partial charge in [-0.25, -0.2) is 0 Å². The Kier molecular flexibility index (Phi) is 3.85. The van der Waals surface area contributed by atoms with E-state index < -0.39 is 6.04 Å². The molecule has 0 radical (unpaired) electrons. The fourth-order valence-corrected chi connectivity index (χ4v) is 1.31. The van der Waals surface area contributed by atoms with Gasteiger partial charge in [0.15, 0.2) is 0 Å². The number of aromatic nitrogens is 2. The zero-order valence-corrected chi connectivity index (χ0v) is 9.36. The van der Waals surface area contributed by atoms with Gasteiger partial charge in [-0.2, -0.15) is 5.10 Å². The zero-order valence-electron chi connectivity index (χ0n) is 9.36. The summed E-state index contributed by atoms with van der Waals surface area (Å²) in [5.74, 6) is -0.360. The topological polar surface area (TPSA) is 70.1 Å². The summed E-state index contributed by atoms with van der Waals surface area (Å²) < 4.78 is 6.59. The average molecular weight is 211 g/mol. The molecule has 1 rings (SSSR count). The number of rotatable bonds is 4. The Morgan fingerprint density at radius 2 is 2.40 bits per heavy atom. The highest BCUT2D eigenvalue weighted by atomic mass is 16.5. The van der Waals surface area contributed by atoms with E-state index in [4.69, 9.17) is 10.5 Å².